The van der Waals surface area contributed by atoms with Crippen molar-refractivity contribution in [3.8, 4) is 0 Å². The Balaban J connectivity index is 2.99. The van der Waals surface area contributed by atoms with Crippen LogP contribution in [0.4, 0.5) is 5.00 Å². The molecule has 1 rings (SSSR count). The molecular formula is C3H2N2O4S2. The third kappa shape index (κ3) is 1.79. The number of nitro groups is 1. The molecule has 8 heteroatoms. The molecule has 1 N–H and O–H groups in total. The van der Waals surface area contributed by atoms with E-state index in [4.69, 9.17) is 4.55 Å². The van der Waals surface area contributed by atoms with Crippen molar-refractivity contribution in [1.82, 2.24) is 4.98 Å². The van der Waals surface area contributed by atoms with Gasteiger partial charge in [0.15, 0.2) is 0 Å². The summed E-state index contributed by atoms with van der Waals surface area (Å²) in [5.41, 5.74) is 0. The van der Waals surface area contributed by atoms with Crippen molar-refractivity contribution >= 4 is 27.4 Å². The van der Waals surface area contributed by atoms with Crippen molar-refractivity contribution in [3.63, 3.8) is 0 Å². The van der Waals surface area contributed by atoms with Crippen LogP contribution >= 0.6 is 11.3 Å². The van der Waals surface area contributed by atoms with Gasteiger partial charge in [-0.1, -0.05) is 0 Å². The van der Waals surface area contributed by atoms with E-state index in [2.05, 4.69) is 4.98 Å². The van der Waals surface area contributed by atoms with Gasteiger partial charge >= 0.3 is 5.00 Å². The molecule has 1 atom stereocenters. The smallest absolute Gasteiger partial charge is 0.300 e. The van der Waals surface area contributed by atoms with E-state index in [-0.39, 0.29) is 9.34 Å². The molecule has 0 spiro atoms. The van der Waals surface area contributed by atoms with E-state index in [0.29, 0.717) is 11.3 Å². The average molecular weight is 194 g/mol. The lowest BCUT2D eigenvalue weighted by molar-refractivity contribution is -0.380. The van der Waals surface area contributed by atoms with E-state index in [1.807, 2.05) is 0 Å². The Morgan fingerprint density at radius 1 is 1.82 bits per heavy atom. The standard InChI is InChI=1S/C3H2N2O4S2/c6-5(7)2-1-4-3(10-2)11(8)9/h1H,(H,8,9). The van der Waals surface area contributed by atoms with Gasteiger partial charge in [-0.15, -0.1) is 0 Å². The Morgan fingerprint density at radius 2 is 2.45 bits per heavy atom. The molecule has 0 saturated carbocycles. The molecule has 1 aromatic heterocycles. The molecule has 1 unspecified atom stereocenters. The molecule has 0 amide bonds. The Labute approximate surface area is 67.3 Å². The Hall–Kier alpha value is -0.860. The normalized spacial score (nSPS) is 12.8. The van der Waals surface area contributed by atoms with Crippen molar-refractivity contribution in [2.45, 2.75) is 4.34 Å². The minimum Gasteiger partial charge on any atom is -0.300 e. The van der Waals surface area contributed by atoms with Crippen molar-refractivity contribution in [3.05, 3.63) is 16.3 Å². The van der Waals surface area contributed by atoms with Crippen LogP contribution in [0.25, 0.3) is 0 Å². The molecular weight excluding hydrogens is 192 g/mol. The summed E-state index contributed by atoms with van der Waals surface area (Å²) in [4.78, 5) is 12.7. The maximum absolute atomic E-state index is 10.3. The molecule has 1 heterocycles. The summed E-state index contributed by atoms with van der Waals surface area (Å²) in [6.07, 6.45) is 0.953. The quantitative estimate of drug-likeness (QED) is 0.423. The van der Waals surface area contributed by atoms with Crippen molar-refractivity contribution in [2.75, 3.05) is 0 Å². The van der Waals surface area contributed by atoms with Crippen LogP contribution in [0, 0.1) is 10.1 Å². The van der Waals surface area contributed by atoms with Crippen LogP contribution < -0.4 is 0 Å². The minimum atomic E-state index is -2.22. The zero-order valence-electron chi connectivity index (χ0n) is 4.96. The Bertz CT molecular complexity index is 280. The summed E-state index contributed by atoms with van der Waals surface area (Å²) in [6, 6.07) is 0. The largest absolute Gasteiger partial charge is 0.344 e. The summed E-state index contributed by atoms with van der Waals surface area (Å²) in [7, 11) is 0. The van der Waals surface area contributed by atoms with Gasteiger partial charge in [-0.2, -0.15) is 0 Å². The van der Waals surface area contributed by atoms with E-state index in [0.717, 1.165) is 6.20 Å². The van der Waals surface area contributed by atoms with Gasteiger partial charge in [0.1, 0.15) is 6.20 Å². The molecule has 0 bridgehead atoms. The van der Waals surface area contributed by atoms with Gasteiger partial charge in [0, 0.05) is 0 Å². The molecule has 11 heavy (non-hydrogen) atoms. The number of nitrogens with zero attached hydrogens (tertiary/aromatic N) is 2. The second-order valence-electron chi connectivity index (χ2n) is 1.47. The van der Waals surface area contributed by atoms with Crippen LogP contribution in [0.3, 0.4) is 0 Å². The fourth-order valence-corrected chi connectivity index (χ4v) is 1.56. The van der Waals surface area contributed by atoms with Crippen LogP contribution in [0.1, 0.15) is 0 Å². The number of hydrogen-bond acceptors (Lipinski definition) is 5. The fraction of sp³-hybridized carbons (Fsp3) is 0. The third-order valence-corrected chi connectivity index (χ3v) is 2.63. The molecule has 0 aliphatic heterocycles. The van der Waals surface area contributed by atoms with E-state index in [9.17, 15) is 14.3 Å². The first kappa shape index (κ1) is 8.24. The minimum absolute atomic E-state index is 0.156. The van der Waals surface area contributed by atoms with Crippen molar-refractivity contribution < 1.29 is 13.7 Å². The number of rotatable bonds is 2. The highest BCUT2D eigenvalue weighted by atomic mass is 32.2. The fourth-order valence-electron chi connectivity index (χ4n) is 0.415. The monoisotopic (exact) mass is 194 g/mol. The zero-order valence-corrected chi connectivity index (χ0v) is 6.59. The van der Waals surface area contributed by atoms with Gasteiger partial charge in [-0.05, 0) is 11.3 Å². The Morgan fingerprint density at radius 3 is 2.73 bits per heavy atom. The van der Waals surface area contributed by atoms with Gasteiger partial charge in [-0.3, -0.25) is 10.1 Å². The van der Waals surface area contributed by atoms with Gasteiger partial charge in [-0.25, -0.2) is 9.19 Å². The highest BCUT2D eigenvalue weighted by Gasteiger charge is 2.14. The van der Waals surface area contributed by atoms with Crippen molar-refractivity contribution in [2.24, 2.45) is 0 Å². The van der Waals surface area contributed by atoms with E-state index >= 15 is 0 Å². The predicted octanol–water partition coefficient (Wildman–Crippen LogP) is 0.632. The van der Waals surface area contributed by atoms with Gasteiger partial charge in [0.05, 0.1) is 4.92 Å². The lowest BCUT2D eigenvalue weighted by Crippen LogP contribution is -1.83. The number of hydrogen-bond donors (Lipinski definition) is 1. The highest BCUT2D eigenvalue weighted by molar-refractivity contribution is 7.81. The second kappa shape index (κ2) is 3.03. The first-order valence-electron chi connectivity index (χ1n) is 2.32. The molecule has 1 aromatic rings. The van der Waals surface area contributed by atoms with Crippen LogP contribution in [-0.4, -0.2) is 18.7 Å². The van der Waals surface area contributed by atoms with Gasteiger partial charge in [0.2, 0.25) is 15.4 Å². The first-order valence-corrected chi connectivity index (χ1v) is 4.24. The first-order chi connectivity index (χ1) is 5.11. The SMILES string of the molecule is O=[N+]([O-])c1cnc(S(=O)O)s1. The predicted molar refractivity (Wildman–Crippen MR) is 37.8 cm³/mol. The number of thiazole rings is 1. The van der Waals surface area contributed by atoms with Crippen molar-refractivity contribution in [1.29, 1.82) is 0 Å². The van der Waals surface area contributed by atoms with Crippen LogP contribution in [-0.2, 0) is 11.1 Å². The molecule has 0 radical (unpaired) electrons. The van der Waals surface area contributed by atoms with Crippen LogP contribution in [0.15, 0.2) is 10.5 Å². The lowest BCUT2D eigenvalue weighted by Gasteiger charge is -1.79. The van der Waals surface area contributed by atoms with Gasteiger partial charge in [0.25, 0.3) is 0 Å². The third-order valence-electron chi connectivity index (χ3n) is 0.802. The van der Waals surface area contributed by atoms with E-state index < -0.39 is 16.0 Å². The second-order valence-corrected chi connectivity index (χ2v) is 3.62. The van der Waals surface area contributed by atoms with Crippen LogP contribution in [0.5, 0.6) is 0 Å². The summed E-state index contributed by atoms with van der Waals surface area (Å²) in [6.45, 7) is 0. The number of aromatic nitrogens is 1. The topological polar surface area (TPSA) is 93.3 Å². The molecule has 0 saturated heterocycles. The molecule has 60 valence electrons. The highest BCUT2D eigenvalue weighted by Crippen LogP contribution is 2.22. The van der Waals surface area contributed by atoms with E-state index in [1.165, 1.54) is 0 Å². The molecule has 0 aliphatic rings. The molecule has 0 aliphatic carbocycles. The summed E-state index contributed by atoms with van der Waals surface area (Å²) in [5.74, 6) is 0. The molecule has 0 aromatic carbocycles. The maximum atomic E-state index is 10.3. The zero-order chi connectivity index (χ0) is 8.43. The molecule has 6 nitrogen and oxygen atoms in total. The summed E-state index contributed by atoms with van der Waals surface area (Å²) < 4.78 is 18.5. The van der Waals surface area contributed by atoms with E-state index in [1.54, 1.807) is 0 Å². The maximum Gasteiger partial charge on any atom is 0.344 e. The average Bonchev–Trinajstić information content (AvgIpc) is 2.33. The lowest BCUT2D eigenvalue weighted by atomic mass is 10.9. The summed E-state index contributed by atoms with van der Waals surface area (Å²) in [5, 5.41) is 9.80. The Kier molecular flexibility index (Phi) is 2.27. The van der Waals surface area contributed by atoms with Gasteiger partial charge < -0.3 is 4.55 Å². The summed E-state index contributed by atoms with van der Waals surface area (Å²) >= 11 is -1.63. The molecule has 0 fully saturated rings. The van der Waals surface area contributed by atoms with Crippen LogP contribution in [0.2, 0.25) is 0 Å².